The molecule has 5 nitrogen and oxygen atoms in total. The van der Waals surface area contributed by atoms with Gasteiger partial charge in [-0.15, -0.1) is 0 Å². The van der Waals surface area contributed by atoms with Gasteiger partial charge in [0.25, 0.3) is 5.91 Å². The number of benzene rings is 2. The molecule has 0 radical (unpaired) electrons. The van der Waals surface area contributed by atoms with Crippen LogP contribution in [0.2, 0.25) is 0 Å². The Morgan fingerprint density at radius 1 is 1.13 bits per heavy atom. The first-order valence-corrected chi connectivity index (χ1v) is 7.60. The van der Waals surface area contributed by atoms with Crippen LogP contribution in [0.3, 0.4) is 0 Å². The fourth-order valence-electron chi connectivity index (χ4n) is 2.37. The van der Waals surface area contributed by atoms with E-state index in [4.69, 9.17) is 9.84 Å². The van der Waals surface area contributed by atoms with E-state index in [2.05, 4.69) is 0 Å². The quantitative estimate of drug-likeness (QED) is 0.853. The number of rotatable bonds is 7. The maximum absolute atomic E-state index is 12.2. The third-order valence-electron chi connectivity index (χ3n) is 3.59. The molecular formula is C18H21NO4. The molecule has 0 unspecified atom stereocenters. The van der Waals surface area contributed by atoms with E-state index in [0.717, 1.165) is 10.8 Å². The van der Waals surface area contributed by atoms with E-state index >= 15 is 0 Å². The summed E-state index contributed by atoms with van der Waals surface area (Å²) in [5.74, 6) is -0.507. The van der Waals surface area contributed by atoms with E-state index in [-0.39, 0.29) is 31.5 Å². The number of amides is 1. The summed E-state index contributed by atoms with van der Waals surface area (Å²) in [6, 6.07) is 13.5. The van der Waals surface area contributed by atoms with Gasteiger partial charge in [0, 0.05) is 12.6 Å². The predicted octanol–water partition coefficient (Wildman–Crippen LogP) is 2.93. The number of carboxylic acid groups (broad SMARTS) is 1. The second-order valence-electron chi connectivity index (χ2n) is 5.62. The molecule has 1 N–H and O–H groups in total. The van der Waals surface area contributed by atoms with Crippen LogP contribution < -0.4 is 4.74 Å². The van der Waals surface area contributed by atoms with Crippen LogP contribution in [0.25, 0.3) is 10.8 Å². The predicted molar refractivity (Wildman–Crippen MR) is 88.5 cm³/mol. The molecule has 0 aliphatic rings. The Hall–Kier alpha value is -2.56. The highest BCUT2D eigenvalue weighted by atomic mass is 16.5. The van der Waals surface area contributed by atoms with Gasteiger partial charge in [0.15, 0.2) is 6.61 Å². The minimum absolute atomic E-state index is 0.0675. The second-order valence-corrected chi connectivity index (χ2v) is 5.62. The van der Waals surface area contributed by atoms with Crippen molar-refractivity contribution < 1.29 is 19.4 Å². The van der Waals surface area contributed by atoms with E-state index in [1.165, 1.54) is 4.90 Å². The fourth-order valence-corrected chi connectivity index (χ4v) is 2.37. The van der Waals surface area contributed by atoms with Gasteiger partial charge in [-0.2, -0.15) is 0 Å². The number of carboxylic acids is 1. The lowest BCUT2D eigenvalue weighted by atomic mass is 10.1. The third kappa shape index (κ3) is 4.71. The first-order chi connectivity index (χ1) is 11.0. The second kappa shape index (κ2) is 7.63. The highest BCUT2D eigenvalue weighted by molar-refractivity contribution is 5.84. The number of hydrogen-bond donors (Lipinski definition) is 1. The minimum Gasteiger partial charge on any atom is -0.484 e. The van der Waals surface area contributed by atoms with Gasteiger partial charge in [-0.1, -0.05) is 30.3 Å². The molecule has 0 fully saturated rings. The molecule has 2 aromatic rings. The van der Waals surface area contributed by atoms with Gasteiger partial charge in [-0.05, 0) is 36.8 Å². The van der Waals surface area contributed by atoms with Gasteiger partial charge in [-0.25, -0.2) is 0 Å². The van der Waals surface area contributed by atoms with E-state index in [1.54, 1.807) is 0 Å². The van der Waals surface area contributed by atoms with Crippen LogP contribution in [0.1, 0.15) is 20.3 Å². The van der Waals surface area contributed by atoms with Crippen molar-refractivity contribution in [3.63, 3.8) is 0 Å². The van der Waals surface area contributed by atoms with Crippen molar-refractivity contribution in [1.29, 1.82) is 0 Å². The molecular weight excluding hydrogens is 294 g/mol. The maximum atomic E-state index is 12.2. The van der Waals surface area contributed by atoms with E-state index in [0.29, 0.717) is 5.75 Å². The Kier molecular flexibility index (Phi) is 5.57. The molecule has 23 heavy (non-hydrogen) atoms. The van der Waals surface area contributed by atoms with Crippen molar-refractivity contribution in [2.45, 2.75) is 26.3 Å². The molecule has 0 saturated heterocycles. The van der Waals surface area contributed by atoms with Crippen molar-refractivity contribution in [3.05, 3.63) is 42.5 Å². The smallest absolute Gasteiger partial charge is 0.305 e. The van der Waals surface area contributed by atoms with Crippen molar-refractivity contribution >= 4 is 22.6 Å². The lowest BCUT2D eigenvalue weighted by molar-refractivity contribution is -0.139. The molecule has 1 amide bonds. The molecule has 5 heteroatoms. The molecule has 0 atom stereocenters. The monoisotopic (exact) mass is 315 g/mol. The van der Waals surface area contributed by atoms with Crippen LogP contribution in [0.15, 0.2) is 42.5 Å². The van der Waals surface area contributed by atoms with Crippen LogP contribution >= 0.6 is 0 Å². The summed E-state index contributed by atoms with van der Waals surface area (Å²) in [7, 11) is 0. The molecule has 122 valence electrons. The summed E-state index contributed by atoms with van der Waals surface area (Å²) < 4.78 is 5.58. The average molecular weight is 315 g/mol. The Labute approximate surface area is 135 Å². The Morgan fingerprint density at radius 3 is 2.48 bits per heavy atom. The van der Waals surface area contributed by atoms with Gasteiger partial charge >= 0.3 is 5.97 Å². The Balaban J connectivity index is 1.99. The molecule has 0 saturated carbocycles. The van der Waals surface area contributed by atoms with Crippen LogP contribution in [-0.4, -0.2) is 41.1 Å². The fraction of sp³-hybridized carbons (Fsp3) is 0.333. The Morgan fingerprint density at radius 2 is 1.83 bits per heavy atom. The molecule has 2 rings (SSSR count). The zero-order chi connectivity index (χ0) is 16.8. The third-order valence-corrected chi connectivity index (χ3v) is 3.59. The van der Waals surface area contributed by atoms with Gasteiger partial charge in [0.1, 0.15) is 5.75 Å². The van der Waals surface area contributed by atoms with E-state index < -0.39 is 5.97 Å². The number of nitrogens with zero attached hydrogens (tertiary/aromatic N) is 1. The lowest BCUT2D eigenvalue weighted by Crippen LogP contribution is -2.41. The molecule has 0 spiro atoms. The summed E-state index contributed by atoms with van der Waals surface area (Å²) in [6.45, 7) is 3.80. The van der Waals surface area contributed by atoms with Crippen LogP contribution in [0.4, 0.5) is 0 Å². The number of carbonyl (C=O) groups excluding carboxylic acids is 1. The van der Waals surface area contributed by atoms with Crippen molar-refractivity contribution in [3.8, 4) is 5.75 Å². The summed E-state index contributed by atoms with van der Waals surface area (Å²) >= 11 is 0. The Bertz CT molecular complexity index is 696. The molecule has 0 aromatic heterocycles. The van der Waals surface area contributed by atoms with Gasteiger partial charge in [0.2, 0.25) is 0 Å². The standard InChI is InChI=1S/C18H21NO4/c1-13(2)19(10-9-18(21)22)17(20)12-23-16-8-7-14-5-3-4-6-15(14)11-16/h3-8,11,13H,9-10,12H2,1-2H3,(H,21,22). The number of fused-ring (bicyclic) bond motifs is 1. The normalized spacial score (nSPS) is 10.7. The number of hydrogen-bond acceptors (Lipinski definition) is 3. The summed E-state index contributed by atoms with van der Waals surface area (Å²) in [5.41, 5.74) is 0. The maximum Gasteiger partial charge on any atom is 0.305 e. The van der Waals surface area contributed by atoms with Crippen molar-refractivity contribution in [1.82, 2.24) is 4.90 Å². The molecule has 0 aliphatic heterocycles. The zero-order valence-corrected chi connectivity index (χ0v) is 13.4. The molecule has 2 aromatic carbocycles. The lowest BCUT2D eigenvalue weighted by Gasteiger charge is -2.26. The van der Waals surface area contributed by atoms with Gasteiger partial charge in [0.05, 0.1) is 6.42 Å². The van der Waals surface area contributed by atoms with Crippen molar-refractivity contribution in [2.75, 3.05) is 13.2 Å². The summed E-state index contributed by atoms with van der Waals surface area (Å²) in [6.07, 6.45) is -0.0695. The molecule has 0 bridgehead atoms. The molecule has 0 heterocycles. The summed E-state index contributed by atoms with van der Waals surface area (Å²) in [5, 5.41) is 10.9. The zero-order valence-electron chi connectivity index (χ0n) is 13.4. The summed E-state index contributed by atoms with van der Waals surface area (Å²) in [4.78, 5) is 24.4. The van der Waals surface area contributed by atoms with Gasteiger partial charge in [-0.3, -0.25) is 9.59 Å². The van der Waals surface area contributed by atoms with Gasteiger partial charge < -0.3 is 14.7 Å². The average Bonchev–Trinajstić information content (AvgIpc) is 2.52. The molecule has 0 aliphatic carbocycles. The highest BCUT2D eigenvalue weighted by Crippen LogP contribution is 2.20. The van der Waals surface area contributed by atoms with Crippen LogP contribution in [-0.2, 0) is 9.59 Å². The first kappa shape index (κ1) is 16.8. The number of carbonyl (C=O) groups is 2. The largest absolute Gasteiger partial charge is 0.484 e. The first-order valence-electron chi connectivity index (χ1n) is 7.60. The SMILES string of the molecule is CC(C)N(CCC(=O)O)C(=O)COc1ccc2ccccc2c1. The van der Waals surface area contributed by atoms with Crippen LogP contribution in [0, 0.1) is 0 Å². The topological polar surface area (TPSA) is 66.8 Å². The van der Waals surface area contributed by atoms with E-state index in [9.17, 15) is 9.59 Å². The number of aliphatic carboxylic acids is 1. The minimum atomic E-state index is -0.918. The van der Waals surface area contributed by atoms with E-state index in [1.807, 2.05) is 56.3 Å². The van der Waals surface area contributed by atoms with Crippen LogP contribution in [0.5, 0.6) is 5.75 Å². The highest BCUT2D eigenvalue weighted by Gasteiger charge is 2.18. The number of ether oxygens (including phenoxy) is 1. The van der Waals surface area contributed by atoms with Crippen molar-refractivity contribution in [2.24, 2.45) is 0 Å².